The van der Waals surface area contributed by atoms with Crippen LogP contribution in [-0.4, -0.2) is 16.9 Å². The minimum absolute atomic E-state index is 0.0477. The van der Waals surface area contributed by atoms with Crippen molar-refractivity contribution in [3.63, 3.8) is 0 Å². The van der Waals surface area contributed by atoms with Gasteiger partial charge in [-0.2, -0.15) is 0 Å². The number of hydrogen-bond donors (Lipinski definition) is 2. The van der Waals surface area contributed by atoms with Gasteiger partial charge in [0.2, 0.25) is 0 Å². The smallest absolute Gasteiger partial charge is 0.263 e. The summed E-state index contributed by atoms with van der Waals surface area (Å²) >= 11 is 1.40. The van der Waals surface area contributed by atoms with Gasteiger partial charge in [-0.15, -0.1) is 11.3 Å². The van der Waals surface area contributed by atoms with Crippen LogP contribution < -0.4 is 11.1 Å². The lowest BCUT2D eigenvalue weighted by molar-refractivity contribution is 0.0943. The topological polar surface area (TPSA) is 68.0 Å². The second-order valence-electron chi connectivity index (χ2n) is 6.04. The van der Waals surface area contributed by atoms with Crippen LogP contribution in [0.15, 0.2) is 12.1 Å². The second kappa shape index (κ2) is 5.64. The molecule has 2 heterocycles. The van der Waals surface area contributed by atoms with E-state index in [9.17, 15) is 4.79 Å². The molecule has 1 fully saturated rings. The van der Waals surface area contributed by atoms with Gasteiger partial charge in [0.05, 0.1) is 5.69 Å². The highest BCUT2D eigenvalue weighted by atomic mass is 32.1. The summed E-state index contributed by atoms with van der Waals surface area (Å²) in [5, 5.41) is 3.99. The van der Waals surface area contributed by atoms with E-state index in [1.807, 2.05) is 12.1 Å². The van der Waals surface area contributed by atoms with Gasteiger partial charge in [-0.05, 0) is 30.9 Å². The molecule has 0 aliphatic heterocycles. The number of thiophene rings is 1. The monoisotopic (exact) mass is 303 g/mol. The number of fused-ring (bicyclic) bond motifs is 1. The highest BCUT2D eigenvalue weighted by Crippen LogP contribution is 2.33. The molecule has 0 radical (unpaired) electrons. The molecule has 0 bridgehead atoms. The number of nitrogens with two attached hydrogens (primary N) is 1. The van der Waals surface area contributed by atoms with Crippen molar-refractivity contribution in [2.24, 2.45) is 0 Å². The van der Waals surface area contributed by atoms with E-state index < -0.39 is 0 Å². The lowest BCUT2D eigenvalue weighted by atomic mass is 10.1. The summed E-state index contributed by atoms with van der Waals surface area (Å²) in [6, 6.07) is 4.28. The van der Waals surface area contributed by atoms with Gasteiger partial charge in [-0.1, -0.05) is 26.7 Å². The zero-order valence-electron chi connectivity index (χ0n) is 12.5. The van der Waals surface area contributed by atoms with Gasteiger partial charge >= 0.3 is 0 Å². The molecule has 1 aliphatic carbocycles. The number of aromatic nitrogens is 1. The van der Waals surface area contributed by atoms with E-state index in [0.717, 1.165) is 28.8 Å². The van der Waals surface area contributed by atoms with E-state index in [-0.39, 0.29) is 5.91 Å². The minimum Gasteiger partial charge on any atom is -0.397 e. The predicted octanol–water partition coefficient (Wildman–Crippen LogP) is 3.67. The largest absolute Gasteiger partial charge is 0.397 e. The Morgan fingerprint density at radius 1 is 1.38 bits per heavy atom. The zero-order valence-corrected chi connectivity index (χ0v) is 13.3. The molecule has 0 unspecified atom stereocenters. The fraction of sp³-hybridized carbons (Fsp3) is 0.500. The molecule has 0 atom stereocenters. The van der Waals surface area contributed by atoms with Crippen molar-refractivity contribution < 1.29 is 4.79 Å². The number of anilines is 1. The normalized spacial score (nSPS) is 16.0. The Hall–Kier alpha value is -1.62. The lowest BCUT2D eigenvalue weighted by Crippen LogP contribution is -2.32. The molecule has 1 aliphatic rings. The van der Waals surface area contributed by atoms with E-state index in [2.05, 4.69) is 24.1 Å². The molecule has 5 heteroatoms. The van der Waals surface area contributed by atoms with Crippen molar-refractivity contribution in [2.45, 2.75) is 51.5 Å². The van der Waals surface area contributed by atoms with Crippen LogP contribution in [0, 0.1) is 0 Å². The Balaban J connectivity index is 1.91. The van der Waals surface area contributed by atoms with Crippen molar-refractivity contribution in [3.8, 4) is 0 Å². The molecule has 1 saturated carbocycles. The van der Waals surface area contributed by atoms with Crippen molar-refractivity contribution in [1.29, 1.82) is 0 Å². The van der Waals surface area contributed by atoms with E-state index >= 15 is 0 Å². The fourth-order valence-corrected chi connectivity index (χ4v) is 3.83. The highest BCUT2D eigenvalue weighted by Gasteiger charge is 2.22. The number of carbonyl (C=O) groups is 1. The van der Waals surface area contributed by atoms with Gasteiger partial charge in [-0.3, -0.25) is 4.79 Å². The number of rotatable bonds is 3. The Morgan fingerprint density at radius 3 is 2.76 bits per heavy atom. The van der Waals surface area contributed by atoms with Gasteiger partial charge in [0.15, 0.2) is 0 Å². The molecule has 2 aromatic heterocycles. The average molecular weight is 303 g/mol. The molecule has 3 N–H and O–H groups in total. The van der Waals surface area contributed by atoms with E-state index in [0.29, 0.717) is 22.5 Å². The van der Waals surface area contributed by atoms with Crippen molar-refractivity contribution in [1.82, 2.24) is 10.3 Å². The van der Waals surface area contributed by atoms with Gasteiger partial charge < -0.3 is 11.1 Å². The Labute approximate surface area is 128 Å². The van der Waals surface area contributed by atoms with Gasteiger partial charge in [-0.25, -0.2) is 4.98 Å². The predicted molar refractivity (Wildman–Crippen MR) is 87.8 cm³/mol. The second-order valence-corrected chi connectivity index (χ2v) is 7.04. The van der Waals surface area contributed by atoms with Gasteiger partial charge in [0.25, 0.3) is 5.91 Å². The molecule has 0 aromatic carbocycles. The van der Waals surface area contributed by atoms with E-state index in [1.54, 1.807) is 0 Å². The van der Waals surface area contributed by atoms with Crippen LogP contribution in [0.1, 0.15) is 60.8 Å². The highest BCUT2D eigenvalue weighted by molar-refractivity contribution is 7.21. The van der Waals surface area contributed by atoms with E-state index in [4.69, 9.17) is 5.73 Å². The number of nitrogens with one attached hydrogen (secondary N) is 1. The van der Waals surface area contributed by atoms with Crippen LogP contribution in [0.4, 0.5) is 5.69 Å². The maximum atomic E-state index is 12.4. The summed E-state index contributed by atoms with van der Waals surface area (Å²) < 4.78 is 0. The summed E-state index contributed by atoms with van der Waals surface area (Å²) in [4.78, 5) is 18.5. The number of nitrogen functional groups attached to an aromatic ring is 1. The SMILES string of the molecule is CC(C)c1ccc2c(N)c(C(=O)NC3CCCC3)sc2n1. The van der Waals surface area contributed by atoms with Crippen LogP contribution in [0.2, 0.25) is 0 Å². The number of pyridine rings is 1. The number of hydrogen-bond acceptors (Lipinski definition) is 4. The Bertz CT molecular complexity index is 671. The van der Waals surface area contributed by atoms with Crippen molar-refractivity contribution in [3.05, 3.63) is 22.7 Å². The first-order chi connectivity index (χ1) is 10.1. The maximum Gasteiger partial charge on any atom is 0.263 e. The number of nitrogens with zero attached hydrogens (tertiary/aromatic N) is 1. The van der Waals surface area contributed by atoms with Crippen molar-refractivity contribution >= 4 is 33.1 Å². The quantitative estimate of drug-likeness (QED) is 0.909. The molecule has 3 rings (SSSR count). The summed E-state index contributed by atoms with van der Waals surface area (Å²) in [5.74, 6) is 0.321. The first-order valence-corrected chi connectivity index (χ1v) is 8.37. The first kappa shape index (κ1) is 14.3. The molecular formula is C16H21N3OS. The third-order valence-corrected chi connectivity index (χ3v) is 5.22. The van der Waals surface area contributed by atoms with Crippen molar-refractivity contribution in [2.75, 3.05) is 5.73 Å². The number of amides is 1. The van der Waals surface area contributed by atoms with Crippen LogP contribution >= 0.6 is 11.3 Å². The summed E-state index contributed by atoms with van der Waals surface area (Å²) in [6.45, 7) is 4.22. The van der Waals surface area contributed by atoms with Crippen LogP contribution in [0.5, 0.6) is 0 Å². The first-order valence-electron chi connectivity index (χ1n) is 7.56. The summed E-state index contributed by atoms with van der Waals surface area (Å²) in [6.07, 6.45) is 4.55. The third kappa shape index (κ3) is 2.75. The molecule has 112 valence electrons. The minimum atomic E-state index is -0.0477. The van der Waals surface area contributed by atoms with Gasteiger partial charge in [0.1, 0.15) is 9.71 Å². The van der Waals surface area contributed by atoms with E-state index in [1.165, 1.54) is 24.2 Å². The van der Waals surface area contributed by atoms with Crippen LogP contribution in [0.3, 0.4) is 0 Å². The molecule has 1 amide bonds. The maximum absolute atomic E-state index is 12.4. The fourth-order valence-electron chi connectivity index (χ4n) is 2.82. The van der Waals surface area contributed by atoms with Crippen LogP contribution in [0.25, 0.3) is 10.2 Å². The molecule has 2 aromatic rings. The third-order valence-electron chi connectivity index (χ3n) is 4.10. The van der Waals surface area contributed by atoms with Crippen LogP contribution in [-0.2, 0) is 0 Å². The summed E-state index contributed by atoms with van der Waals surface area (Å²) in [5.41, 5.74) is 7.75. The molecule has 0 spiro atoms. The molecule has 0 saturated heterocycles. The summed E-state index contributed by atoms with van der Waals surface area (Å²) in [7, 11) is 0. The Kier molecular flexibility index (Phi) is 3.85. The molecule has 4 nitrogen and oxygen atoms in total. The lowest BCUT2D eigenvalue weighted by Gasteiger charge is -2.10. The Morgan fingerprint density at radius 2 is 2.10 bits per heavy atom. The molecular weight excluding hydrogens is 282 g/mol. The standard InChI is InChI=1S/C16H21N3OS/c1-9(2)12-8-7-11-13(17)14(21-16(11)19-12)15(20)18-10-5-3-4-6-10/h7-10H,3-6,17H2,1-2H3,(H,18,20). The average Bonchev–Trinajstić information content (AvgIpc) is 3.06. The molecule has 21 heavy (non-hydrogen) atoms. The number of carbonyl (C=O) groups excluding carboxylic acids is 1. The zero-order chi connectivity index (χ0) is 15.0. The van der Waals surface area contributed by atoms with Gasteiger partial charge in [0, 0.05) is 17.1 Å².